The second-order valence-corrected chi connectivity index (χ2v) is 3.51. The van der Waals surface area contributed by atoms with Crippen molar-refractivity contribution in [1.29, 1.82) is 0 Å². The van der Waals surface area contributed by atoms with E-state index < -0.39 is 5.63 Å². The van der Waals surface area contributed by atoms with Gasteiger partial charge in [0.25, 0.3) is 0 Å². The molecular weight excluding hydrogens is 212 g/mol. The fourth-order valence-corrected chi connectivity index (χ4v) is 1.27. The molecule has 0 unspecified atom stereocenters. The summed E-state index contributed by atoms with van der Waals surface area (Å²) in [4.78, 5) is 21.0. The molecule has 2 heterocycles. The van der Waals surface area contributed by atoms with Gasteiger partial charge in [0.2, 0.25) is 5.52 Å². The summed E-state index contributed by atoms with van der Waals surface area (Å²) in [7, 11) is 3.44. The van der Waals surface area contributed by atoms with Crippen molar-refractivity contribution < 1.29 is 9.15 Å². The number of anilines is 1. The van der Waals surface area contributed by atoms with Crippen LogP contribution in [0.25, 0.3) is 11.2 Å². The largest absolute Gasteiger partial charge is 0.710 e. The number of hydrogen-bond donors (Lipinski definition) is 0. The van der Waals surface area contributed by atoms with Crippen LogP contribution in [0.15, 0.2) is 15.4 Å². The fourth-order valence-electron chi connectivity index (χ4n) is 1.27. The highest BCUT2D eigenvalue weighted by molar-refractivity contribution is 5.66. The van der Waals surface area contributed by atoms with Crippen LogP contribution in [0.5, 0.6) is 0 Å². The molecule has 2 rings (SSSR count). The Bertz CT molecular complexity index is 605. The molecule has 7 heteroatoms. The summed E-state index contributed by atoms with van der Waals surface area (Å²) in [5.74, 6) is 0.516. The van der Waals surface area contributed by atoms with Crippen molar-refractivity contribution in [2.75, 3.05) is 19.0 Å². The number of hydrogen-bond acceptors (Lipinski definition) is 6. The Balaban J connectivity index is 2.87. The predicted octanol–water partition coefficient (Wildman–Crippen LogP) is -0.409. The summed E-state index contributed by atoms with van der Waals surface area (Å²) in [5, 5.41) is 11.6. The lowest BCUT2D eigenvalue weighted by atomic mass is 10.5. The normalized spacial score (nSPS) is 10.7. The van der Waals surface area contributed by atoms with E-state index in [1.54, 1.807) is 19.0 Å². The Morgan fingerprint density at radius 1 is 1.44 bits per heavy atom. The highest BCUT2D eigenvalue weighted by atomic mass is 16.5. The van der Waals surface area contributed by atoms with Crippen molar-refractivity contribution in [3.8, 4) is 0 Å². The molecule has 84 valence electrons. The molecule has 0 aliphatic heterocycles. The van der Waals surface area contributed by atoms with Gasteiger partial charge in [-0.15, -0.1) is 0 Å². The molecule has 0 aliphatic carbocycles. The third-order valence-corrected chi connectivity index (χ3v) is 2.03. The second-order valence-electron chi connectivity index (χ2n) is 3.51. The van der Waals surface area contributed by atoms with Crippen molar-refractivity contribution in [1.82, 2.24) is 9.97 Å². The minimum Gasteiger partial charge on any atom is -0.710 e. The van der Waals surface area contributed by atoms with E-state index in [0.29, 0.717) is 10.5 Å². The monoisotopic (exact) mass is 222 g/mol. The Hall–Kier alpha value is -2.18. The van der Waals surface area contributed by atoms with E-state index >= 15 is 0 Å². The molecule has 0 saturated carbocycles. The van der Waals surface area contributed by atoms with Gasteiger partial charge in [-0.05, 0) is 4.98 Å². The maximum absolute atomic E-state index is 11.6. The number of nitrogens with zero attached hydrogens (tertiary/aromatic N) is 4. The Kier molecular flexibility index (Phi) is 2.22. The van der Waals surface area contributed by atoms with Crippen LogP contribution in [0.2, 0.25) is 0 Å². The van der Waals surface area contributed by atoms with E-state index in [1.165, 1.54) is 13.1 Å². The van der Waals surface area contributed by atoms with Crippen LogP contribution >= 0.6 is 0 Å². The molecule has 0 radical (unpaired) electrons. The molecule has 2 aromatic rings. The highest BCUT2D eigenvalue weighted by Gasteiger charge is 2.17. The van der Waals surface area contributed by atoms with Gasteiger partial charge >= 0.3 is 17.2 Å². The zero-order valence-electron chi connectivity index (χ0n) is 9.09. The highest BCUT2D eigenvalue weighted by Crippen LogP contribution is 2.07. The van der Waals surface area contributed by atoms with E-state index in [9.17, 15) is 10.0 Å². The first-order valence-electron chi connectivity index (χ1n) is 4.58. The van der Waals surface area contributed by atoms with E-state index in [1.807, 2.05) is 0 Å². The topological polar surface area (TPSA) is 86.2 Å². The quantitative estimate of drug-likeness (QED) is 0.481. The van der Waals surface area contributed by atoms with Gasteiger partial charge in [-0.25, -0.2) is 14.5 Å². The molecule has 0 N–H and O–H groups in total. The van der Waals surface area contributed by atoms with Crippen molar-refractivity contribution in [2.24, 2.45) is 0 Å². The molecule has 0 saturated heterocycles. The summed E-state index contributed by atoms with van der Waals surface area (Å²) >= 11 is 0. The van der Waals surface area contributed by atoms with Crippen molar-refractivity contribution >= 4 is 17.0 Å². The van der Waals surface area contributed by atoms with Crippen molar-refractivity contribution in [3.63, 3.8) is 0 Å². The molecular formula is C9H10N4O3. The maximum atomic E-state index is 11.6. The van der Waals surface area contributed by atoms with Gasteiger partial charge < -0.3 is 14.5 Å². The molecule has 0 aromatic carbocycles. The zero-order valence-corrected chi connectivity index (χ0v) is 9.09. The predicted molar refractivity (Wildman–Crippen MR) is 56.1 cm³/mol. The molecule has 0 aliphatic rings. The smallest absolute Gasteiger partial charge is 0.373 e. The molecule has 0 spiro atoms. The lowest BCUT2D eigenvalue weighted by Gasteiger charge is -2.12. The zero-order chi connectivity index (χ0) is 11.9. The van der Waals surface area contributed by atoms with Crippen LogP contribution in [-0.2, 0) is 0 Å². The average molecular weight is 222 g/mol. The SMILES string of the molecule is Cc1nc2c(nc(N(C)C)c[n+]2[O-])c(=O)o1. The van der Waals surface area contributed by atoms with Gasteiger partial charge in [-0.1, -0.05) is 0 Å². The summed E-state index contributed by atoms with van der Waals surface area (Å²) in [6, 6.07) is 0. The minimum atomic E-state index is -0.657. The van der Waals surface area contributed by atoms with Gasteiger partial charge in [0.05, 0.1) is 0 Å². The van der Waals surface area contributed by atoms with Crippen LogP contribution in [0, 0.1) is 12.1 Å². The number of aryl methyl sites for hydroxylation is 1. The molecule has 0 bridgehead atoms. The molecule has 16 heavy (non-hydrogen) atoms. The van der Waals surface area contributed by atoms with Gasteiger partial charge in [-0.3, -0.25) is 0 Å². The fraction of sp³-hybridized carbons (Fsp3) is 0.333. The first-order chi connectivity index (χ1) is 7.49. The summed E-state index contributed by atoms with van der Waals surface area (Å²) in [5.41, 5.74) is -0.748. The Labute approximate surface area is 90.6 Å². The first-order valence-corrected chi connectivity index (χ1v) is 4.58. The number of fused-ring (bicyclic) bond motifs is 1. The third kappa shape index (κ3) is 1.56. The van der Waals surface area contributed by atoms with Crippen molar-refractivity contribution in [2.45, 2.75) is 6.92 Å². The molecule has 0 fully saturated rings. The molecule has 0 amide bonds. The summed E-state index contributed by atoms with van der Waals surface area (Å²) < 4.78 is 5.30. The van der Waals surface area contributed by atoms with E-state index in [2.05, 4.69) is 9.97 Å². The molecule has 0 atom stereocenters. The number of aromatic nitrogens is 3. The molecule has 7 nitrogen and oxygen atoms in total. The summed E-state index contributed by atoms with van der Waals surface area (Å²) in [6.45, 7) is 1.50. The third-order valence-electron chi connectivity index (χ3n) is 2.03. The second kappa shape index (κ2) is 3.44. The van der Waals surface area contributed by atoms with Crippen LogP contribution in [0.1, 0.15) is 5.89 Å². The van der Waals surface area contributed by atoms with Crippen LogP contribution in [-0.4, -0.2) is 24.1 Å². The van der Waals surface area contributed by atoms with Crippen LogP contribution < -0.4 is 15.3 Å². The van der Waals surface area contributed by atoms with E-state index in [4.69, 9.17) is 4.42 Å². The Morgan fingerprint density at radius 2 is 2.12 bits per heavy atom. The first kappa shape index (κ1) is 10.3. The van der Waals surface area contributed by atoms with E-state index in [0.717, 1.165) is 0 Å². The van der Waals surface area contributed by atoms with Crippen LogP contribution in [0.3, 0.4) is 0 Å². The standard InChI is InChI=1S/C9H10N4O3/c1-5-10-8-7(9(14)16-5)11-6(12(2)3)4-13(8)15/h4H,1-3H3. The summed E-state index contributed by atoms with van der Waals surface area (Å²) in [6.07, 6.45) is 1.26. The van der Waals surface area contributed by atoms with Gasteiger partial charge in [-0.2, -0.15) is 0 Å². The Morgan fingerprint density at radius 3 is 2.75 bits per heavy atom. The lowest BCUT2D eigenvalue weighted by Crippen LogP contribution is -2.32. The van der Waals surface area contributed by atoms with Crippen LogP contribution in [0.4, 0.5) is 5.82 Å². The van der Waals surface area contributed by atoms with E-state index in [-0.39, 0.29) is 17.1 Å². The van der Waals surface area contributed by atoms with Gasteiger partial charge in [0, 0.05) is 21.0 Å². The van der Waals surface area contributed by atoms with Gasteiger partial charge in [0.15, 0.2) is 5.82 Å². The average Bonchev–Trinajstić information content (AvgIpc) is 2.19. The van der Waals surface area contributed by atoms with Crippen molar-refractivity contribution in [3.05, 3.63) is 27.7 Å². The number of rotatable bonds is 1. The lowest BCUT2D eigenvalue weighted by molar-refractivity contribution is -0.579. The molecule has 2 aromatic heterocycles. The van der Waals surface area contributed by atoms with Gasteiger partial charge in [0.1, 0.15) is 6.20 Å². The minimum absolute atomic E-state index is 0.0284. The maximum Gasteiger partial charge on any atom is 0.373 e.